The van der Waals surface area contributed by atoms with Crippen molar-refractivity contribution in [3.05, 3.63) is 0 Å². The van der Waals surface area contributed by atoms with Gasteiger partial charge in [-0.25, -0.2) is 0 Å². The van der Waals surface area contributed by atoms with Crippen LogP contribution in [0, 0.1) is 0 Å². The monoisotopic (exact) mass is 248 g/mol. The molecule has 0 amide bonds. The molecule has 5 N–H and O–H groups in total. The predicted octanol–water partition coefficient (Wildman–Crippen LogP) is 0.747. The number of hydrogen-bond acceptors (Lipinski definition) is 2. The van der Waals surface area contributed by atoms with Gasteiger partial charge in [0, 0.05) is 6.04 Å². The van der Waals surface area contributed by atoms with Crippen molar-refractivity contribution in [1.82, 2.24) is 5.32 Å². The third-order valence-electron chi connectivity index (χ3n) is 1.09. The summed E-state index contributed by atoms with van der Waals surface area (Å²) >= 11 is 8.30. The number of rotatable bonds is 3. The normalized spacial score (nSPS) is 9.86. The van der Waals surface area contributed by atoms with E-state index in [2.05, 4.69) is 42.4 Å². The quantitative estimate of drug-likeness (QED) is 0.436. The van der Waals surface area contributed by atoms with E-state index in [1.54, 1.807) is 0 Å². The van der Waals surface area contributed by atoms with Crippen LogP contribution in [-0.4, -0.2) is 56.2 Å². The molecule has 0 saturated heterocycles. The van der Waals surface area contributed by atoms with Gasteiger partial charge in [-0.2, -0.15) is 0 Å². The summed E-state index contributed by atoms with van der Waals surface area (Å²) in [5.74, 6) is 0. The fourth-order valence-electron chi connectivity index (χ4n) is 0.716. The molecule has 0 aliphatic heterocycles. The fourth-order valence-corrected chi connectivity index (χ4v) is 0.917. The van der Waals surface area contributed by atoms with Crippen LogP contribution in [0.3, 0.4) is 0 Å². The van der Waals surface area contributed by atoms with Crippen molar-refractivity contribution in [2.75, 3.05) is 0 Å². The molecule has 0 fully saturated rings. The van der Waals surface area contributed by atoms with Gasteiger partial charge in [-0.05, 0) is 37.8 Å². The second-order valence-corrected chi connectivity index (χ2v) is 3.28. The van der Waals surface area contributed by atoms with E-state index in [-0.39, 0.29) is 34.7 Å². The molecule has 0 spiro atoms. The zero-order chi connectivity index (χ0) is 10.9. The molecule has 4 nitrogen and oxygen atoms in total. The van der Waals surface area contributed by atoms with E-state index in [1.807, 2.05) is 6.92 Å². The standard InChI is InChI=1S/C6H13NOS.CH3NOS.Na.H/c1-3-4-5(2)7-6(8)9;2-1(3)4;;/h5H,3-4H2,1-2H3,(H2,7,8,9);(H3,2,3,4);;. The molecule has 0 heterocycles. The number of aliphatic hydroxyl groups excluding tert-OH is 2. The van der Waals surface area contributed by atoms with Gasteiger partial charge in [0.1, 0.15) is 0 Å². The molecule has 0 aromatic heterocycles. The summed E-state index contributed by atoms with van der Waals surface area (Å²) in [5.41, 5.74) is 4.40. The first-order valence-corrected chi connectivity index (χ1v) is 4.69. The van der Waals surface area contributed by atoms with Gasteiger partial charge in [-0.15, -0.1) is 0 Å². The van der Waals surface area contributed by atoms with Crippen molar-refractivity contribution in [1.29, 1.82) is 0 Å². The molecule has 0 aromatic carbocycles. The topological polar surface area (TPSA) is 78.5 Å². The van der Waals surface area contributed by atoms with Crippen LogP contribution in [0.25, 0.3) is 0 Å². The Balaban J connectivity index is -0.000000209. The van der Waals surface area contributed by atoms with Gasteiger partial charge in [-0.3, -0.25) is 0 Å². The Bertz CT molecular complexity index is 166. The minimum absolute atomic E-state index is 0. The number of hydrogen-bond donors (Lipinski definition) is 4. The van der Waals surface area contributed by atoms with Crippen molar-refractivity contribution in [2.45, 2.75) is 32.7 Å². The number of nitrogens with one attached hydrogen (secondary N) is 1. The van der Waals surface area contributed by atoms with E-state index in [4.69, 9.17) is 10.2 Å². The molecule has 1 atom stereocenters. The SMILES string of the molecule is CCCC(C)NC(O)=S.NC(O)=S.[NaH]. The Morgan fingerprint density at radius 1 is 1.43 bits per heavy atom. The summed E-state index contributed by atoms with van der Waals surface area (Å²) in [6, 6.07) is 0.299. The summed E-state index contributed by atoms with van der Waals surface area (Å²) < 4.78 is 0. The minimum atomic E-state index is -0.500. The molecule has 7 heteroatoms. The molecule has 0 aliphatic carbocycles. The molecule has 80 valence electrons. The summed E-state index contributed by atoms with van der Waals surface area (Å²) in [6.45, 7) is 4.09. The van der Waals surface area contributed by atoms with Gasteiger partial charge < -0.3 is 21.3 Å². The van der Waals surface area contributed by atoms with Crippen LogP contribution in [0.4, 0.5) is 0 Å². The van der Waals surface area contributed by atoms with Gasteiger partial charge in [-0.1, -0.05) is 13.3 Å². The van der Waals surface area contributed by atoms with Gasteiger partial charge in [0.05, 0.1) is 0 Å². The van der Waals surface area contributed by atoms with Gasteiger partial charge in [0.2, 0.25) is 0 Å². The van der Waals surface area contributed by atoms with Crippen molar-refractivity contribution in [3.8, 4) is 0 Å². The predicted molar refractivity (Wildman–Crippen MR) is 69.3 cm³/mol. The number of aliphatic hydroxyl groups is 2. The van der Waals surface area contributed by atoms with Crippen LogP contribution < -0.4 is 11.1 Å². The molecule has 0 radical (unpaired) electrons. The first kappa shape index (κ1) is 19.9. The Labute approximate surface area is 118 Å². The Kier molecular flexibility index (Phi) is 19.0. The molecule has 0 aliphatic rings. The summed E-state index contributed by atoms with van der Waals surface area (Å²) in [6.07, 6.45) is 2.15. The van der Waals surface area contributed by atoms with E-state index in [1.165, 1.54) is 0 Å². The first-order valence-electron chi connectivity index (χ1n) is 3.88. The second-order valence-electron chi connectivity index (χ2n) is 2.48. The van der Waals surface area contributed by atoms with Crippen molar-refractivity contribution in [2.24, 2.45) is 5.73 Å². The Hall–Kier alpha value is 0.380. The van der Waals surface area contributed by atoms with Crippen molar-refractivity contribution in [3.63, 3.8) is 0 Å². The van der Waals surface area contributed by atoms with Crippen molar-refractivity contribution < 1.29 is 10.2 Å². The van der Waals surface area contributed by atoms with Crippen LogP contribution in [0.5, 0.6) is 0 Å². The van der Waals surface area contributed by atoms with E-state index < -0.39 is 5.17 Å². The van der Waals surface area contributed by atoms with Crippen LogP contribution in [-0.2, 0) is 0 Å². The van der Waals surface area contributed by atoms with Gasteiger partial charge in [0.25, 0.3) is 10.3 Å². The Morgan fingerprint density at radius 2 is 1.79 bits per heavy atom. The van der Waals surface area contributed by atoms with Crippen LogP contribution in [0.2, 0.25) is 0 Å². The van der Waals surface area contributed by atoms with E-state index in [0.717, 1.165) is 12.8 Å². The third kappa shape index (κ3) is 29.4. The maximum absolute atomic E-state index is 8.57. The Morgan fingerprint density at radius 3 is 2.00 bits per heavy atom. The van der Waals surface area contributed by atoms with Gasteiger partial charge >= 0.3 is 29.6 Å². The number of nitrogens with two attached hydrogens (primary N) is 1. The summed E-state index contributed by atoms with van der Waals surface area (Å²) in [7, 11) is 0. The van der Waals surface area contributed by atoms with Crippen LogP contribution >= 0.6 is 24.4 Å². The maximum atomic E-state index is 8.57. The third-order valence-corrected chi connectivity index (χ3v) is 1.21. The van der Waals surface area contributed by atoms with E-state index in [0.29, 0.717) is 6.04 Å². The molecule has 0 aromatic rings. The average Bonchev–Trinajstić information content (AvgIpc) is 1.83. The zero-order valence-electron chi connectivity index (χ0n) is 7.78. The molecular weight excluding hydrogens is 231 g/mol. The van der Waals surface area contributed by atoms with E-state index >= 15 is 0 Å². The van der Waals surface area contributed by atoms with E-state index in [9.17, 15) is 0 Å². The average molecular weight is 248 g/mol. The van der Waals surface area contributed by atoms with Crippen LogP contribution in [0.15, 0.2) is 0 Å². The zero-order valence-corrected chi connectivity index (χ0v) is 9.41. The van der Waals surface area contributed by atoms with Gasteiger partial charge in [0.15, 0.2) is 0 Å². The molecular formula is C7H17N2NaO2S2. The fraction of sp³-hybridized carbons (Fsp3) is 0.714. The van der Waals surface area contributed by atoms with Crippen molar-refractivity contribution >= 4 is 64.3 Å². The molecule has 0 bridgehead atoms. The first-order chi connectivity index (χ1) is 5.90. The molecule has 14 heavy (non-hydrogen) atoms. The summed E-state index contributed by atoms with van der Waals surface area (Å²) in [4.78, 5) is 0. The molecule has 0 saturated carbocycles. The number of thiocarbonyl (C=S) groups is 2. The summed E-state index contributed by atoms with van der Waals surface area (Å²) in [5, 5.41) is 18.3. The van der Waals surface area contributed by atoms with Crippen LogP contribution in [0.1, 0.15) is 26.7 Å². The second kappa shape index (κ2) is 13.4. The molecule has 0 rings (SSSR count). The molecule has 1 unspecified atom stereocenters.